The molecular formula is C18H21N3O2. The molecule has 23 heavy (non-hydrogen) atoms. The van der Waals surface area contributed by atoms with E-state index < -0.39 is 6.23 Å². The zero-order valence-corrected chi connectivity index (χ0v) is 13.3. The molecule has 0 saturated carbocycles. The van der Waals surface area contributed by atoms with Crippen molar-refractivity contribution in [2.24, 2.45) is 0 Å². The second kappa shape index (κ2) is 4.58. The number of benzene rings is 1. The van der Waals surface area contributed by atoms with E-state index in [2.05, 4.69) is 27.7 Å². The van der Waals surface area contributed by atoms with Gasteiger partial charge in [-0.2, -0.15) is 0 Å². The Bertz CT molecular complexity index is 812. The molecule has 1 saturated heterocycles. The normalized spacial score (nSPS) is 29.7. The van der Waals surface area contributed by atoms with Gasteiger partial charge in [-0.25, -0.2) is 0 Å². The summed E-state index contributed by atoms with van der Waals surface area (Å²) in [7, 11) is 0. The quantitative estimate of drug-likeness (QED) is 0.805. The fourth-order valence-corrected chi connectivity index (χ4v) is 5.04. The Hall–Kier alpha value is -1.85. The summed E-state index contributed by atoms with van der Waals surface area (Å²) < 4.78 is 2.13. The number of aliphatic hydroxyl groups excluding tert-OH is 1. The Morgan fingerprint density at radius 3 is 2.87 bits per heavy atom. The molecule has 2 aromatic rings. The first kappa shape index (κ1) is 13.6. The van der Waals surface area contributed by atoms with Gasteiger partial charge in [-0.3, -0.25) is 9.69 Å². The molecule has 5 heteroatoms. The molecule has 1 aromatic carbocycles. The largest absolute Gasteiger partial charge is 0.373 e. The van der Waals surface area contributed by atoms with Gasteiger partial charge in [-0.1, -0.05) is 18.2 Å². The van der Waals surface area contributed by atoms with Crippen molar-refractivity contribution >= 4 is 16.8 Å². The molecule has 3 aliphatic heterocycles. The van der Waals surface area contributed by atoms with Crippen LogP contribution in [-0.2, 0) is 11.2 Å². The van der Waals surface area contributed by atoms with Gasteiger partial charge < -0.3 is 14.6 Å². The van der Waals surface area contributed by atoms with Crippen LogP contribution in [0.2, 0.25) is 0 Å². The molecule has 1 amide bonds. The maximum Gasteiger partial charge on any atom is 0.219 e. The third-order valence-corrected chi connectivity index (χ3v) is 5.93. The van der Waals surface area contributed by atoms with E-state index in [-0.39, 0.29) is 18.0 Å². The van der Waals surface area contributed by atoms with Crippen LogP contribution in [0.5, 0.6) is 0 Å². The lowest BCUT2D eigenvalue weighted by atomic mass is 9.85. The second-order valence-electron chi connectivity index (χ2n) is 6.98. The highest BCUT2D eigenvalue weighted by atomic mass is 16.3. The Kier molecular flexibility index (Phi) is 2.71. The molecule has 0 bridgehead atoms. The van der Waals surface area contributed by atoms with Crippen molar-refractivity contribution in [3.8, 4) is 0 Å². The molecule has 0 aliphatic carbocycles. The van der Waals surface area contributed by atoms with Crippen LogP contribution >= 0.6 is 0 Å². The number of nitrogens with zero attached hydrogens (tertiary/aromatic N) is 3. The van der Waals surface area contributed by atoms with E-state index in [4.69, 9.17) is 0 Å². The Labute approximate surface area is 135 Å². The van der Waals surface area contributed by atoms with E-state index in [0.29, 0.717) is 6.42 Å². The fraction of sp³-hybridized carbons (Fsp3) is 0.500. The molecular weight excluding hydrogens is 290 g/mol. The number of carbonyl (C=O) groups excluding carboxylic acids is 1. The van der Waals surface area contributed by atoms with E-state index in [1.165, 1.54) is 16.6 Å². The van der Waals surface area contributed by atoms with Crippen molar-refractivity contribution < 1.29 is 9.90 Å². The third kappa shape index (κ3) is 1.66. The smallest absolute Gasteiger partial charge is 0.219 e. The Balaban J connectivity index is 1.78. The molecule has 3 atom stereocenters. The molecule has 0 spiro atoms. The van der Waals surface area contributed by atoms with Gasteiger partial charge in [0.05, 0.1) is 17.6 Å². The SMILES string of the molecule is CC(=O)N1CCN2CCc3c4n(c5ccccc35)C(O)C[C@@H]1[C@H]42. The van der Waals surface area contributed by atoms with Crippen LogP contribution in [0.1, 0.15) is 36.9 Å². The minimum Gasteiger partial charge on any atom is -0.373 e. The van der Waals surface area contributed by atoms with Crippen molar-refractivity contribution in [3.63, 3.8) is 0 Å². The predicted octanol–water partition coefficient (Wildman–Crippen LogP) is 1.67. The van der Waals surface area contributed by atoms with Crippen LogP contribution < -0.4 is 0 Å². The van der Waals surface area contributed by atoms with Crippen molar-refractivity contribution in [3.05, 3.63) is 35.5 Å². The molecule has 1 N–H and O–H groups in total. The highest BCUT2D eigenvalue weighted by molar-refractivity contribution is 5.86. The highest BCUT2D eigenvalue weighted by Gasteiger charge is 2.48. The summed E-state index contributed by atoms with van der Waals surface area (Å²) in [6.07, 6.45) is 1.09. The first-order valence-electron chi connectivity index (χ1n) is 8.48. The molecule has 5 nitrogen and oxygen atoms in total. The summed E-state index contributed by atoms with van der Waals surface area (Å²) in [5, 5.41) is 12.1. The Morgan fingerprint density at radius 2 is 2.04 bits per heavy atom. The first-order valence-corrected chi connectivity index (χ1v) is 8.48. The lowest BCUT2D eigenvalue weighted by Gasteiger charge is -2.53. The second-order valence-corrected chi connectivity index (χ2v) is 6.98. The minimum atomic E-state index is -0.551. The Morgan fingerprint density at radius 1 is 1.22 bits per heavy atom. The zero-order valence-electron chi connectivity index (χ0n) is 13.3. The number of hydrogen-bond donors (Lipinski definition) is 1. The van der Waals surface area contributed by atoms with E-state index in [1.54, 1.807) is 6.92 Å². The molecule has 0 radical (unpaired) electrons. The summed E-state index contributed by atoms with van der Waals surface area (Å²) in [4.78, 5) is 16.6. The monoisotopic (exact) mass is 311 g/mol. The standard InChI is InChI=1S/C18H21N3O2/c1-11(22)20-9-8-19-7-6-13-12-4-2-3-5-14(12)21-16(23)10-15(20)18(19)17(13)21/h2-5,15-16,18,23H,6-10H2,1H3/t15-,16?,18-/m1/s1. The molecule has 1 fully saturated rings. The summed E-state index contributed by atoms with van der Waals surface area (Å²) >= 11 is 0. The number of para-hydroxylation sites is 1. The van der Waals surface area contributed by atoms with Gasteiger partial charge in [0.2, 0.25) is 5.91 Å². The number of aromatic nitrogens is 1. The topological polar surface area (TPSA) is 48.7 Å². The number of carbonyl (C=O) groups is 1. The van der Waals surface area contributed by atoms with Gasteiger partial charge in [-0.05, 0) is 18.1 Å². The number of rotatable bonds is 0. The van der Waals surface area contributed by atoms with Crippen LogP contribution in [0.3, 0.4) is 0 Å². The summed E-state index contributed by atoms with van der Waals surface area (Å²) in [5.41, 5.74) is 3.74. The van der Waals surface area contributed by atoms with Gasteiger partial charge in [-0.15, -0.1) is 0 Å². The maximum absolute atomic E-state index is 12.1. The van der Waals surface area contributed by atoms with Crippen LogP contribution in [0, 0.1) is 0 Å². The number of fused-ring (bicyclic) bond motifs is 3. The van der Waals surface area contributed by atoms with E-state index >= 15 is 0 Å². The van der Waals surface area contributed by atoms with Crippen molar-refractivity contribution in [1.82, 2.24) is 14.4 Å². The molecule has 5 rings (SSSR count). The van der Waals surface area contributed by atoms with Gasteiger partial charge in [0.15, 0.2) is 0 Å². The number of hydrogen-bond acceptors (Lipinski definition) is 3. The molecule has 3 aliphatic rings. The minimum absolute atomic E-state index is 0.0899. The lowest BCUT2D eigenvalue weighted by Crippen LogP contribution is -2.60. The van der Waals surface area contributed by atoms with Crippen molar-refractivity contribution in [2.45, 2.75) is 38.1 Å². The summed E-state index contributed by atoms with van der Waals surface area (Å²) in [6, 6.07) is 8.70. The van der Waals surface area contributed by atoms with E-state index in [1.807, 2.05) is 11.0 Å². The molecule has 1 aromatic heterocycles. The van der Waals surface area contributed by atoms with Crippen molar-refractivity contribution in [2.75, 3.05) is 19.6 Å². The average Bonchev–Trinajstić information content (AvgIpc) is 2.89. The zero-order chi connectivity index (χ0) is 15.7. The van der Waals surface area contributed by atoms with Crippen LogP contribution in [0.15, 0.2) is 24.3 Å². The molecule has 120 valence electrons. The first-order chi connectivity index (χ1) is 11.2. The van der Waals surface area contributed by atoms with E-state index in [0.717, 1.165) is 31.6 Å². The molecule has 1 unspecified atom stereocenters. The highest BCUT2D eigenvalue weighted by Crippen LogP contribution is 2.47. The van der Waals surface area contributed by atoms with Crippen LogP contribution in [0.25, 0.3) is 10.9 Å². The third-order valence-electron chi connectivity index (χ3n) is 5.93. The van der Waals surface area contributed by atoms with Gasteiger partial charge in [0.1, 0.15) is 6.23 Å². The summed E-state index contributed by atoms with van der Waals surface area (Å²) in [5.74, 6) is 0.124. The van der Waals surface area contributed by atoms with Gasteiger partial charge in [0.25, 0.3) is 0 Å². The number of piperazine rings is 1. The average molecular weight is 311 g/mol. The van der Waals surface area contributed by atoms with E-state index in [9.17, 15) is 9.90 Å². The maximum atomic E-state index is 12.1. The fourth-order valence-electron chi connectivity index (χ4n) is 5.04. The summed E-state index contributed by atoms with van der Waals surface area (Å²) in [6.45, 7) is 4.40. The molecule has 4 heterocycles. The predicted molar refractivity (Wildman–Crippen MR) is 87.0 cm³/mol. The van der Waals surface area contributed by atoms with Gasteiger partial charge in [0, 0.05) is 44.1 Å². The number of aliphatic hydroxyl groups is 1. The van der Waals surface area contributed by atoms with Gasteiger partial charge >= 0.3 is 0 Å². The van der Waals surface area contributed by atoms with Crippen LogP contribution in [0.4, 0.5) is 0 Å². The number of amides is 1. The lowest BCUT2D eigenvalue weighted by molar-refractivity contribution is -0.140. The van der Waals surface area contributed by atoms with Crippen molar-refractivity contribution in [1.29, 1.82) is 0 Å². The van der Waals surface area contributed by atoms with Crippen LogP contribution in [-0.4, -0.2) is 51.1 Å².